The van der Waals surface area contributed by atoms with Gasteiger partial charge in [-0.15, -0.1) is 0 Å². The SMILES string of the molecule is CCCS(=O)(=O)Nc1ccc(Cl)c(C(=O)c2ccc3ncc(N4CCNCC4)nc3c2)c1F. The molecular weight excluding hydrogens is 469 g/mol. The van der Waals surface area contributed by atoms with E-state index in [1.807, 2.05) is 0 Å². The van der Waals surface area contributed by atoms with E-state index in [-0.39, 0.29) is 22.0 Å². The predicted octanol–water partition coefficient (Wildman–Crippen LogP) is 3.21. The van der Waals surface area contributed by atoms with Crippen LogP contribution in [0.1, 0.15) is 29.3 Å². The minimum Gasteiger partial charge on any atom is -0.353 e. The molecule has 11 heteroatoms. The summed E-state index contributed by atoms with van der Waals surface area (Å²) in [5.41, 5.74) is 0.534. The maximum absolute atomic E-state index is 15.2. The van der Waals surface area contributed by atoms with Gasteiger partial charge in [0.15, 0.2) is 11.6 Å². The van der Waals surface area contributed by atoms with Crippen LogP contribution in [0.15, 0.2) is 36.5 Å². The zero-order chi connectivity index (χ0) is 23.6. The first kappa shape index (κ1) is 23.3. The third kappa shape index (κ3) is 5.07. The Balaban J connectivity index is 1.69. The van der Waals surface area contributed by atoms with E-state index in [9.17, 15) is 13.2 Å². The van der Waals surface area contributed by atoms with Crippen molar-refractivity contribution in [3.05, 3.63) is 58.5 Å². The van der Waals surface area contributed by atoms with Crippen LogP contribution in [0.3, 0.4) is 0 Å². The minimum atomic E-state index is -3.74. The van der Waals surface area contributed by atoms with Crippen LogP contribution in [0.25, 0.3) is 11.0 Å². The summed E-state index contributed by atoms with van der Waals surface area (Å²) in [4.78, 5) is 24.3. The first-order chi connectivity index (χ1) is 15.8. The molecule has 1 saturated heterocycles. The Morgan fingerprint density at radius 1 is 1.21 bits per heavy atom. The van der Waals surface area contributed by atoms with Crippen molar-refractivity contribution in [1.29, 1.82) is 0 Å². The Bertz CT molecular complexity index is 1310. The molecule has 3 aromatic rings. The summed E-state index contributed by atoms with van der Waals surface area (Å²) in [5, 5.41) is 3.16. The zero-order valence-corrected chi connectivity index (χ0v) is 19.5. The van der Waals surface area contributed by atoms with Crippen LogP contribution < -0.4 is 14.9 Å². The van der Waals surface area contributed by atoms with E-state index >= 15 is 4.39 Å². The van der Waals surface area contributed by atoms with Gasteiger partial charge in [-0.25, -0.2) is 17.8 Å². The van der Waals surface area contributed by atoms with Gasteiger partial charge in [-0.3, -0.25) is 14.5 Å². The van der Waals surface area contributed by atoms with Crippen LogP contribution in [-0.2, 0) is 10.0 Å². The third-order valence-corrected chi connectivity index (χ3v) is 7.08. The van der Waals surface area contributed by atoms with Crippen LogP contribution >= 0.6 is 11.6 Å². The molecule has 0 unspecified atom stereocenters. The van der Waals surface area contributed by atoms with Crippen LogP contribution in [-0.4, -0.2) is 56.1 Å². The molecule has 0 spiro atoms. The zero-order valence-electron chi connectivity index (χ0n) is 17.9. The molecule has 1 aliphatic rings. The Hall–Kier alpha value is -2.82. The van der Waals surface area contributed by atoms with Gasteiger partial charge in [0, 0.05) is 31.7 Å². The van der Waals surface area contributed by atoms with E-state index < -0.39 is 27.2 Å². The van der Waals surface area contributed by atoms with Crippen molar-refractivity contribution >= 4 is 49.9 Å². The van der Waals surface area contributed by atoms with Gasteiger partial charge < -0.3 is 10.2 Å². The normalized spacial score (nSPS) is 14.5. The average Bonchev–Trinajstić information content (AvgIpc) is 2.80. The lowest BCUT2D eigenvalue weighted by Gasteiger charge is -2.28. The van der Waals surface area contributed by atoms with Crippen molar-refractivity contribution < 1.29 is 17.6 Å². The van der Waals surface area contributed by atoms with Crippen molar-refractivity contribution in [2.75, 3.05) is 41.6 Å². The number of hydrogen-bond donors (Lipinski definition) is 2. The summed E-state index contributed by atoms with van der Waals surface area (Å²) in [6.07, 6.45) is 2.06. The molecule has 1 aromatic heterocycles. The van der Waals surface area contributed by atoms with Gasteiger partial charge in [0.05, 0.1) is 39.3 Å². The van der Waals surface area contributed by atoms with Crippen LogP contribution in [0, 0.1) is 5.82 Å². The lowest BCUT2D eigenvalue weighted by Crippen LogP contribution is -2.43. The van der Waals surface area contributed by atoms with Crippen LogP contribution in [0.4, 0.5) is 15.9 Å². The number of halogens is 2. The molecule has 2 N–H and O–H groups in total. The Labute approximate surface area is 196 Å². The largest absolute Gasteiger partial charge is 0.353 e. The molecule has 4 rings (SSSR count). The highest BCUT2D eigenvalue weighted by Crippen LogP contribution is 2.29. The first-order valence-corrected chi connectivity index (χ1v) is 12.6. The molecule has 0 atom stereocenters. The summed E-state index contributed by atoms with van der Waals surface area (Å²) in [5.74, 6) is -1.17. The topological polar surface area (TPSA) is 104 Å². The molecule has 1 aliphatic heterocycles. The van der Waals surface area contributed by atoms with E-state index in [1.54, 1.807) is 25.3 Å². The number of benzene rings is 2. The van der Waals surface area contributed by atoms with Crippen molar-refractivity contribution in [2.24, 2.45) is 0 Å². The number of carbonyl (C=O) groups excluding carboxylic acids is 1. The molecule has 0 aliphatic carbocycles. The monoisotopic (exact) mass is 491 g/mol. The molecule has 1 fully saturated rings. The van der Waals surface area contributed by atoms with Crippen molar-refractivity contribution in [3.8, 4) is 0 Å². The van der Waals surface area contributed by atoms with Crippen molar-refractivity contribution in [1.82, 2.24) is 15.3 Å². The molecular formula is C22H23ClFN5O3S. The number of aromatic nitrogens is 2. The lowest BCUT2D eigenvalue weighted by atomic mass is 10.0. The number of anilines is 2. The van der Waals surface area contributed by atoms with Crippen molar-refractivity contribution in [3.63, 3.8) is 0 Å². The lowest BCUT2D eigenvalue weighted by molar-refractivity contribution is 0.103. The van der Waals surface area contributed by atoms with Gasteiger partial charge in [0.2, 0.25) is 10.0 Å². The number of carbonyl (C=O) groups is 1. The number of ketones is 1. The number of piperazine rings is 1. The number of fused-ring (bicyclic) bond motifs is 1. The summed E-state index contributed by atoms with van der Waals surface area (Å²) in [6.45, 7) is 4.96. The van der Waals surface area contributed by atoms with E-state index in [0.717, 1.165) is 26.2 Å². The standard InChI is InChI=1S/C22H23ClFN5O3S/c1-2-11-33(31,32)28-17-6-4-15(23)20(21(17)24)22(30)14-3-5-16-18(12-14)27-19(13-26-16)29-9-7-25-8-10-29/h3-6,12-13,25,28H,2,7-11H2,1H3. The van der Waals surface area contributed by atoms with Crippen LogP contribution in [0.2, 0.25) is 5.02 Å². The molecule has 0 bridgehead atoms. The van der Waals surface area contributed by atoms with Crippen molar-refractivity contribution in [2.45, 2.75) is 13.3 Å². The Kier molecular flexibility index (Phi) is 6.78. The average molecular weight is 492 g/mol. The summed E-state index contributed by atoms with van der Waals surface area (Å²) in [7, 11) is -3.74. The highest BCUT2D eigenvalue weighted by Gasteiger charge is 2.23. The Morgan fingerprint density at radius 2 is 1.97 bits per heavy atom. The van der Waals surface area contributed by atoms with Gasteiger partial charge >= 0.3 is 0 Å². The molecule has 174 valence electrons. The van der Waals surface area contributed by atoms with E-state index in [1.165, 1.54) is 18.2 Å². The first-order valence-electron chi connectivity index (χ1n) is 10.5. The fourth-order valence-corrected chi connectivity index (χ4v) is 5.02. The molecule has 8 nitrogen and oxygen atoms in total. The summed E-state index contributed by atoms with van der Waals surface area (Å²) in [6, 6.07) is 7.20. The fraction of sp³-hybridized carbons (Fsp3) is 0.318. The predicted molar refractivity (Wildman–Crippen MR) is 127 cm³/mol. The van der Waals surface area contributed by atoms with E-state index in [4.69, 9.17) is 11.6 Å². The molecule has 0 radical (unpaired) electrons. The second-order valence-corrected chi connectivity index (χ2v) is 9.95. The highest BCUT2D eigenvalue weighted by atomic mass is 35.5. The number of nitrogens with one attached hydrogen (secondary N) is 2. The minimum absolute atomic E-state index is 0.114. The summed E-state index contributed by atoms with van der Waals surface area (Å²) >= 11 is 6.15. The second-order valence-electron chi connectivity index (χ2n) is 7.70. The number of nitrogens with zero attached hydrogens (tertiary/aromatic N) is 3. The van der Waals surface area contributed by atoms with Crippen LogP contribution in [0.5, 0.6) is 0 Å². The highest BCUT2D eigenvalue weighted by molar-refractivity contribution is 7.92. The van der Waals surface area contributed by atoms with Gasteiger partial charge in [-0.05, 0) is 36.8 Å². The maximum atomic E-state index is 15.2. The Morgan fingerprint density at radius 3 is 2.70 bits per heavy atom. The third-order valence-electron chi connectivity index (χ3n) is 5.29. The summed E-state index contributed by atoms with van der Waals surface area (Å²) < 4.78 is 41.5. The molecule has 0 amide bonds. The fourth-order valence-electron chi connectivity index (χ4n) is 3.66. The van der Waals surface area contributed by atoms with E-state index in [2.05, 4.69) is 24.9 Å². The smallest absolute Gasteiger partial charge is 0.232 e. The van der Waals surface area contributed by atoms with Gasteiger partial charge in [-0.1, -0.05) is 18.5 Å². The van der Waals surface area contributed by atoms with E-state index in [0.29, 0.717) is 23.3 Å². The molecule has 0 saturated carbocycles. The molecule has 2 heterocycles. The van der Waals surface area contributed by atoms with Gasteiger partial charge in [0.1, 0.15) is 5.82 Å². The quantitative estimate of drug-likeness (QED) is 0.489. The molecule has 2 aromatic carbocycles. The van der Waals surface area contributed by atoms with Gasteiger partial charge in [0.25, 0.3) is 0 Å². The number of hydrogen-bond acceptors (Lipinski definition) is 7. The van der Waals surface area contributed by atoms with Gasteiger partial charge in [-0.2, -0.15) is 0 Å². The molecule has 33 heavy (non-hydrogen) atoms. The second kappa shape index (κ2) is 9.58. The number of rotatable bonds is 7. The number of sulfonamides is 1. The maximum Gasteiger partial charge on any atom is 0.232 e.